The Morgan fingerprint density at radius 2 is 1.67 bits per heavy atom. The van der Waals surface area contributed by atoms with E-state index in [1.54, 1.807) is 6.08 Å². The molecule has 12 heavy (non-hydrogen) atoms. The molecule has 0 amide bonds. The molecule has 0 aliphatic heterocycles. The van der Waals surface area contributed by atoms with E-state index in [4.69, 9.17) is 0 Å². The topological polar surface area (TPSA) is 17.1 Å². The van der Waals surface area contributed by atoms with E-state index < -0.39 is 0 Å². The SMILES string of the molecule is O=C/C=C/C=C\c1ccccc1. The van der Waals surface area contributed by atoms with Crippen LogP contribution in [-0.4, -0.2) is 6.29 Å². The maximum Gasteiger partial charge on any atom is 0.142 e. The van der Waals surface area contributed by atoms with Crippen LogP contribution in [0.25, 0.3) is 6.08 Å². The van der Waals surface area contributed by atoms with Gasteiger partial charge in [-0.25, -0.2) is 0 Å². The number of benzene rings is 1. The van der Waals surface area contributed by atoms with E-state index in [1.165, 1.54) is 6.08 Å². The predicted molar refractivity (Wildman–Crippen MR) is 50.7 cm³/mol. The Morgan fingerprint density at radius 1 is 0.917 bits per heavy atom. The van der Waals surface area contributed by atoms with E-state index >= 15 is 0 Å². The summed E-state index contributed by atoms with van der Waals surface area (Å²) < 4.78 is 0. The molecule has 0 unspecified atom stereocenters. The highest BCUT2D eigenvalue weighted by Crippen LogP contribution is 2.00. The number of carbonyl (C=O) groups excluding carboxylic acids is 1. The van der Waals surface area contributed by atoms with Gasteiger partial charge in [0, 0.05) is 0 Å². The highest BCUT2D eigenvalue weighted by atomic mass is 16.1. The second-order valence-corrected chi connectivity index (χ2v) is 2.29. The van der Waals surface area contributed by atoms with Crippen LogP contribution in [0.2, 0.25) is 0 Å². The maximum atomic E-state index is 9.90. The summed E-state index contributed by atoms with van der Waals surface area (Å²) in [5.74, 6) is 0. The van der Waals surface area contributed by atoms with Crippen molar-refractivity contribution >= 4 is 12.4 Å². The van der Waals surface area contributed by atoms with E-state index in [2.05, 4.69) is 0 Å². The van der Waals surface area contributed by atoms with E-state index in [9.17, 15) is 4.79 Å². The number of hydrogen-bond acceptors (Lipinski definition) is 1. The molecule has 60 valence electrons. The summed E-state index contributed by atoms with van der Waals surface area (Å²) >= 11 is 0. The number of aldehydes is 1. The van der Waals surface area contributed by atoms with Crippen molar-refractivity contribution in [1.29, 1.82) is 0 Å². The van der Waals surface area contributed by atoms with Crippen LogP contribution < -0.4 is 0 Å². The average Bonchev–Trinajstić information content (AvgIpc) is 2.14. The van der Waals surface area contributed by atoms with Crippen LogP contribution in [0, 0.1) is 0 Å². The molecule has 1 heteroatoms. The van der Waals surface area contributed by atoms with Crippen LogP contribution in [0.4, 0.5) is 0 Å². The molecule has 0 bridgehead atoms. The Kier molecular flexibility index (Phi) is 3.58. The lowest BCUT2D eigenvalue weighted by Crippen LogP contribution is -1.66. The minimum atomic E-state index is 0.759. The van der Waals surface area contributed by atoms with Crippen LogP contribution in [0.3, 0.4) is 0 Å². The zero-order valence-electron chi connectivity index (χ0n) is 6.68. The van der Waals surface area contributed by atoms with Gasteiger partial charge in [0.25, 0.3) is 0 Å². The van der Waals surface area contributed by atoms with Crippen molar-refractivity contribution in [2.45, 2.75) is 0 Å². The first-order chi connectivity index (χ1) is 5.93. The van der Waals surface area contributed by atoms with Gasteiger partial charge in [0.05, 0.1) is 0 Å². The third-order valence-electron chi connectivity index (χ3n) is 1.39. The Bertz CT molecular complexity index is 283. The van der Waals surface area contributed by atoms with Gasteiger partial charge in [-0.2, -0.15) is 0 Å². The normalized spacial score (nSPS) is 11.0. The second kappa shape index (κ2) is 5.08. The summed E-state index contributed by atoms with van der Waals surface area (Å²) in [7, 11) is 0. The highest BCUT2D eigenvalue weighted by Gasteiger charge is 1.78. The lowest BCUT2D eigenvalue weighted by Gasteiger charge is -1.87. The number of hydrogen-bond donors (Lipinski definition) is 0. The quantitative estimate of drug-likeness (QED) is 0.375. The summed E-state index contributed by atoms with van der Waals surface area (Å²) in [4.78, 5) is 9.90. The first kappa shape index (κ1) is 8.47. The molecule has 0 aliphatic carbocycles. The van der Waals surface area contributed by atoms with Crippen molar-refractivity contribution in [3.63, 3.8) is 0 Å². The van der Waals surface area contributed by atoms with Crippen LogP contribution in [0.15, 0.2) is 48.6 Å². The van der Waals surface area contributed by atoms with Crippen molar-refractivity contribution in [2.75, 3.05) is 0 Å². The monoisotopic (exact) mass is 158 g/mol. The minimum Gasteiger partial charge on any atom is -0.299 e. The van der Waals surface area contributed by atoms with Crippen LogP contribution in [-0.2, 0) is 4.79 Å². The Morgan fingerprint density at radius 3 is 2.33 bits per heavy atom. The molecule has 0 heterocycles. The summed E-state index contributed by atoms with van der Waals surface area (Å²) in [6, 6.07) is 9.93. The summed E-state index contributed by atoms with van der Waals surface area (Å²) in [6.07, 6.45) is 7.71. The van der Waals surface area contributed by atoms with Crippen molar-refractivity contribution in [3.8, 4) is 0 Å². The fourth-order valence-corrected chi connectivity index (χ4v) is 0.840. The molecule has 0 radical (unpaired) electrons. The lowest BCUT2D eigenvalue weighted by atomic mass is 10.2. The van der Waals surface area contributed by atoms with Crippen molar-refractivity contribution in [1.82, 2.24) is 0 Å². The van der Waals surface area contributed by atoms with Crippen molar-refractivity contribution < 1.29 is 4.79 Å². The fourth-order valence-electron chi connectivity index (χ4n) is 0.840. The zero-order chi connectivity index (χ0) is 8.65. The van der Waals surface area contributed by atoms with Gasteiger partial charge >= 0.3 is 0 Å². The largest absolute Gasteiger partial charge is 0.299 e. The molecule has 0 atom stereocenters. The summed E-state index contributed by atoms with van der Waals surface area (Å²) in [5, 5.41) is 0. The highest BCUT2D eigenvalue weighted by molar-refractivity contribution is 5.66. The van der Waals surface area contributed by atoms with Crippen molar-refractivity contribution in [2.24, 2.45) is 0 Å². The summed E-state index contributed by atoms with van der Waals surface area (Å²) in [6.45, 7) is 0. The van der Waals surface area contributed by atoms with Gasteiger partial charge in [-0.3, -0.25) is 4.79 Å². The van der Waals surface area contributed by atoms with Crippen LogP contribution in [0.5, 0.6) is 0 Å². The van der Waals surface area contributed by atoms with Gasteiger partial charge in [0.15, 0.2) is 0 Å². The molecule has 0 saturated heterocycles. The Balaban J connectivity index is 2.58. The molecule has 0 spiro atoms. The second-order valence-electron chi connectivity index (χ2n) is 2.29. The van der Waals surface area contributed by atoms with E-state index in [0.717, 1.165) is 11.8 Å². The standard InChI is InChI=1S/C11H10O/c12-10-6-2-5-9-11-7-3-1-4-8-11/h1-10H/b6-2+,9-5-. The summed E-state index contributed by atoms with van der Waals surface area (Å²) in [5.41, 5.74) is 1.13. The first-order valence-electron chi connectivity index (χ1n) is 3.77. The molecular weight excluding hydrogens is 148 g/mol. The minimum absolute atomic E-state index is 0.759. The Labute approximate surface area is 72.0 Å². The molecule has 0 aromatic heterocycles. The first-order valence-corrected chi connectivity index (χ1v) is 3.77. The number of carbonyl (C=O) groups is 1. The average molecular weight is 158 g/mol. The van der Waals surface area contributed by atoms with Gasteiger partial charge in [0.2, 0.25) is 0 Å². The van der Waals surface area contributed by atoms with E-state index in [-0.39, 0.29) is 0 Å². The van der Waals surface area contributed by atoms with Crippen molar-refractivity contribution in [3.05, 3.63) is 54.1 Å². The molecule has 1 aromatic carbocycles. The Hall–Kier alpha value is -1.63. The third-order valence-corrected chi connectivity index (χ3v) is 1.39. The lowest BCUT2D eigenvalue weighted by molar-refractivity contribution is -0.104. The van der Waals surface area contributed by atoms with Gasteiger partial charge in [0.1, 0.15) is 6.29 Å². The van der Waals surface area contributed by atoms with Gasteiger partial charge in [-0.1, -0.05) is 48.6 Å². The maximum absolute atomic E-state index is 9.90. The molecule has 0 aliphatic rings. The van der Waals surface area contributed by atoms with E-state index in [0.29, 0.717) is 0 Å². The van der Waals surface area contributed by atoms with Gasteiger partial charge < -0.3 is 0 Å². The van der Waals surface area contributed by atoms with Crippen LogP contribution >= 0.6 is 0 Å². The third kappa shape index (κ3) is 2.97. The van der Waals surface area contributed by atoms with Gasteiger partial charge in [-0.05, 0) is 11.6 Å². The molecule has 0 saturated carbocycles. The number of allylic oxidation sites excluding steroid dienone is 3. The fraction of sp³-hybridized carbons (Fsp3) is 0. The number of rotatable bonds is 3. The zero-order valence-corrected chi connectivity index (χ0v) is 6.68. The molecule has 1 nitrogen and oxygen atoms in total. The molecule has 1 rings (SSSR count). The van der Waals surface area contributed by atoms with Crippen LogP contribution in [0.1, 0.15) is 5.56 Å². The molecular formula is C11H10O. The van der Waals surface area contributed by atoms with Gasteiger partial charge in [-0.15, -0.1) is 0 Å². The van der Waals surface area contributed by atoms with E-state index in [1.807, 2.05) is 42.5 Å². The molecule has 1 aromatic rings. The molecule has 0 N–H and O–H groups in total. The smallest absolute Gasteiger partial charge is 0.142 e. The molecule has 0 fully saturated rings. The predicted octanol–water partition coefficient (Wildman–Crippen LogP) is 2.45.